The molecule has 0 aromatic heterocycles. The molecule has 1 unspecified atom stereocenters. The summed E-state index contributed by atoms with van der Waals surface area (Å²) in [4.78, 5) is 38.3. The molecule has 6 heteroatoms. The van der Waals surface area contributed by atoms with E-state index in [0.29, 0.717) is 19.3 Å². The van der Waals surface area contributed by atoms with E-state index >= 15 is 0 Å². The van der Waals surface area contributed by atoms with E-state index < -0.39 is 6.10 Å². The third-order valence-electron chi connectivity index (χ3n) is 13.9. The Morgan fingerprint density at radius 3 is 0.827 bits per heavy atom. The fourth-order valence-electron chi connectivity index (χ4n) is 9.09. The molecule has 432 valence electrons. The molecule has 0 fully saturated rings. The maximum absolute atomic E-state index is 12.9. The van der Waals surface area contributed by atoms with Gasteiger partial charge in [-0.15, -0.1) is 0 Å². The summed E-state index contributed by atoms with van der Waals surface area (Å²) < 4.78 is 16.9. The standard InChI is InChI=1S/C69H120O6/c1-4-7-10-13-16-19-22-24-26-28-30-32-33-34-35-37-38-40-42-44-47-50-53-56-59-62-68(71)74-65-66(64-73-67(70)61-58-55-52-49-46-21-18-15-12-9-6-3)75-69(72)63-60-57-54-51-48-45-43-41-39-36-31-29-27-25-23-20-17-14-11-8-5-2/h7,10,16,19,24,26,29-32,34-35,38,40,66H,4-6,8-9,11-15,17-18,20-23,25,27-28,33,36-37,39,41-65H2,1-3H3/b10-7-,19-16-,26-24-,31-29-,32-30-,35-34-,40-38-. The van der Waals surface area contributed by atoms with E-state index in [2.05, 4.69) is 106 Å². The highest BCUT2D eigenvalue weighted by atomic mass is 16.6. The molecule has 0 bridgehead atoms. The molecule has 1 atom stereocenters. The van der Waals surface area contributed by atoms with Crippen LogP contribution in [0.4, 0.5) is 0 Å². The molecule has 0 aromatic rings. The molecule has 0 heterocycles. The zero-order valence-corrected chi connectivity index (χ0v) is 49.6. The molecule has 0 radical (unpaired) electrons. The van der Waals surface area contributed by atoms with Crippen molar-refractivity contribution in [3.63, 3.8) is 0 Å². The number of ether oxygens (including phenoxy) is 3. The van der Waals surface area contributed by atoms with Crippen molar-refractivity contribution in [1.29, 1.82) is 0 Å². The van der Waals surface area contributed by atoms with E-state index in [0.717, 1.165) is 109 Å². The monoisotopic (exact) mass is 1040 g/mol. The maximum Gasteiger partial charge on any atom is 0.306 e. The molecule has 75 heavy (non-hydrogen) atoms. The highest BCUT2D eigenvalue weighted by molar-refractivity contribution is 5.71. The number of carbonyl (C=O) groups excluding carboxylic acids is 3. The Labute approximate surface area is 465 Å². The van der Waals surface area contributed by atoms with Gasteiger partial charge < -0.3 is 14.2 Å². The highest BCUT2D eigenvalue weighted by Gasteiger charge is 2.19. The normalized spacial score (nSPS) is 12.6. The second kappa shape index (κ2) is 63.1. The molecule has 0 aliphatic rings. The molecule has 6 nitrogen and oxygen atoms in total. The molecule has 0 amide bonds. The number of allylic oxidation sites excluding steroid dienone is 14. The van der Waals surface area contributed by atoms with E-state index in [-0.39, 0.29) is 31.1 Å². The molecular weight excluding hydrogens is 925 g/mol. The van der Waals surface area contributed by atoms with Gasteiger partial charge in [-0.2, -0.15) is 0 Å². The Balaban J connectivity index is 4.32. The molecule has 0 aliphatic heterocycles. The lowest BCUT2D eigenvalue weighted by Crippen LogP contribution is -2.30. The summed E-state index contributed by atoms with van der Waals surface area (Å²) in [5.74, 6) is -0.885. The second-order valence-electron chi connectivity index (χ2n) is 21.3. The summed E-state index contributed by atoms with van der Waals surface area (Å²) in [5.41, 5.74) is 0. The summed E-state index contributed by atoms with van der Waals surface area (Å²) in [6.45, 7) is 6.54. The lowest BCUT2D eigenvalue weighted by molar-refractivity contribution is -0.167. The van der Waals surface area contributed by atoms with Crippen LogP contribution in [0.25, 0.3) is 0 Å². The fourth-order valence-corrected chi connectivity index (χ4v) is 9.09. The van der Waals surface area contributed by atoms with Crippen molar-refractivity contribution in [2.24, 2.45) is 0 Å². The second-order valence-corrected chi connectivity index (χ2v) is 21.3. The molecule has 0 aromatic carbocycles. The first-order chi connectivity index (χ1) is 37.0. The molecule has 0 N–H and O–H groups in total. The van der Waals surface area contributed by atoms with Gasteiger partial charge in [0.25, 0.3) is 0 Å². The van der Waals surface area contributed by atoms with Gasteiger partial charge in [0.15, 0.2) is 6.10 Å². The van der Waals surface area contributed by atoms with Gasteiger partial charge in [-0.1, -0.05) is 286 Å². The summed E-state index contributed by atoms with van der Waals surface area (Å²) >= 11 is 0. The minimum absolute atomic E-state index is 0.0793. The van der Waals surface area contributed by atoms with Crippen molar-refractivity contribution in [3.05, 3.63) is 85.1 Å². The number of rotatable bonds is 58. The van der Waals surface area contributed by atoms with Crippen LogP contribution in [0.2, 0.25) is 0 Å². The summed E-state index contributed by atoms with van der Waals surface area (Å²) in [5, 5.41) is 0. The minimum Gasteiger partial charge on any atom is -0.462 e. The van der Waals surface area contributed by atoms with Crippen LogP contribution in [-0.2, 0) is 28.6 Å². The van der Waals surface area contributed by atoms with Crippen LogP contribution in [0.3, 0.4) is 0 Å². The van der Waals surface area contributed by atoms with Gasteiger partial charge in [0.2, 0.25) is 0 Å². The molecule has 0 aliphatic carbocycles. The zero-order chi connectivity index (χ0) is 54.3. The molecular formula is C69H120O6. The van der Waals surface area contributed by atoms with Gasteiger partial charge in [0, 0.05) is 19.3 Å². The van der Waals surface area contributed by atoms with Crippen LogP contribution in [0.5, 0.6) is 0 Å². The molecule has 0 saturated carbocycles. The minimum atomic E-state index is -0.783. The van der Waals surface area contributed by atoms with Crippen molar-refractivity contribution < 1.29 is 28.6 Å². The van der Waals surface area contributed by atoms with E-state index in [1.54, 1.807) is 0 Å². The van der Waals surface area contributed by atoms with Crippen molar-refractivity contribution in [2.45, 2.75) is 322 Å². The van der Waals surface area contributed by atoms with Crippen LogP contribution in [0, 0.1) is 0 Å². The fraction of sp³-hybridized carbons (Fsp3) is 0.754. The number of hydrogen-bond donors (Lipinski definition) is 0. The number of carbonyl (C=O) groups is 3. The van der Waals surface area contributed by atoms with Crippen molar-refractivity contribution in [3.8, 4) is 0 Å². The van der Waals surface area contributed by atoms with Crippen LogP contribution in [0.1, 0.15) is 316 Å². The lowest BCUT2D eigenvalue weighted by Gasteiger charge is -2.18. The Hall–Kier alpha value is -3.41. The van der Waals surface area contributed by atoms with E-state index in [4.69, 9.17) is 14.2 Å². The van der Waals surface area contributed by atoms with Crippen LogP contribution < -0.4 is 0 Å². The van der Waals surface area contributed by atoms with Crippen LogP contribution >= 0.6 is 0 Å². The number of unbranched alkanes of at least 4 members (excludes halogenated alkanes) is 33. The predicted molar refractivity (Wildman–Crippen MR) is 325 cm³/mol. The predicted octanol–water partition coefficient (Wildman–Crippen LogP) is 21.9. The maximum atomic E-state index is 12.9. The van der Waals surface area contributed by atoms with Gasteiger partial charge in [-0.05, 0) is 96.3 Å². The van der Waals surface area contributed by atoms with Crippen molar-refractivity contribution in [2.75, 3.05) is 13.2 Å². The molecule has 0 spiro atoms. The first-order valence-electron chi connectivity index (χ1n) is 32.1. The third kappa shape index (κ3) is 61.3. The van der Waals surface area contributed by atoms with Gasteiger partial charge >= 0.3 is 17.9 Å². The number of hydrogen-bond acceptors (Lipinski definition) is 6. The van der Waals surface area contributed by atoms with Gasteiger partial charge in [0.05, 0.1) is 0 Å². The average Bonchev–Trinajstić information content (AvgIpc) is 3.41. The lowest BCUT2D eigenvalue weighted by atomic mass is 10.1. The Bertz CT molecular complexity index is 1430. The van der Waals surface area contributed by atoms with Crippen LogP contribution in [-0.4, -0.2) is 37.2 Å². The van der Waals surface area contributed by atoms with Gasteiger partial charge in [0.1, 0.15) is 13.2 Å². The topological polar surface area (TPSA) is 78.9 Å². The first-order valence-corrected chi connectivity index (χ1v) is 32.1. The summed E-state index contributed by atoms with van der Waals surface area (Å²) in [7, 11) is 0. The Morgan fingerprint density at radius 1 is 0.280 bits per heavy atom. The first kappa shape index (κ1) is 71.6. The molecule has 0 rings (SSSR count). The quantitative estimate of drug-likeness (QED) is 0.0261. The smallest absolute Gasteiger partial charge is 0.306 e. The van der Waals surface area contributed by atoms with E-state index in [1.165, 1.54) is 167 Å². The molecule has 0 saturated heterocycles. The highest BCUT2D eigenvalue weighted by Crippen LogP contribution is 2.16. The third-order valence-corrected chi connectivity index (χ3v) is 13.9. The van der Waals surface area contributed by atoms with Crippen LogP contribution in [0.15, 0.2) is 85.1 Å². The Kier molecular flexibility index (Phi) is 60.3. The van der Waals surface area contributed by atoms with Gasteiger partial charge in [-0.3, -0.25) is 14.4 Å². The van der Waals surface area contributed by atoms with Crippen molar-refractivity contribution in [1.82, 2.24) is 0 Å². The number of esters is 3. The van der Waals surface area contributed by atoms with Gasteiger partial charge in [-0.25, -0.2) is 0 Å². The van der Waals surface area contributed by atoms with E-state index in [1.807, 2.05) is 0 Å². The summed E-state index contributed by atoms with van der Waals surface area (Å²) in [6.07, 6.45) is 83.0. The zero-order valence-electron chi connectivity index (χ0n) is 49.6. The SMILES string of the molecule is CC/C=C\C/C=C\C/C=C\C/C=C\C/C=C\C/C=C\CCCCCCCCC(=O)OCC(COC(=O)CCCCCCCCCCCCC)OC(=O)CCCCCCCCCCC/C=C\CCCCCCCCCC. The Morgan fingerprint density at radius 2 is 0.520 bits per heavy atom. The largest absolute Gasteiger partial charge is 0.462 e. The van der Waals surface area contributed by atoms with E-state index in [9.17, 15) is 14.4 Å². The average molecular weight is 1050 g/mol. The van der Waals surface area contributed by atoms with Crippen molar-refractivity contribution >= 4 is 17.9 Å². The summed E-state index contributed by atoms with van der Waals surface area (Å²) in [6, 6.07) is 0.